The molecule has 2 aromatic rings. The van der Waals surface area contributed by atoms with Gasteiger partial charge in [-0.25, -0.2) is 0 Å². The van der Waals surface area contributed by atoms with Crippen LogP contribution in [0.1, 0.15) is 24.0 Å². The molecule has 0 aromatic heterocycles. The highest BCUT2D eigenvalue weighted by atomic mass is 32.2. The molecule has 0 heterocycles. The van der Waals surface area contributed by atoms with Crippen LogP contribution in [0.2, 0.25) is 0 Å². The maximum absolute atomic E-state index is 12.5. The maximum Gasteiger partial charge on any atom is 0.573 e. The van der Waals surface area contributed by atoms with E-state index in [1.54, 1.807) is 18.2 Å². The zero-order valence-electron chi connectivity index (χ0n) is 16.0. The molecule has 2 aromatic carbocycles. The molecule has 158 valence electrons. The second-order valence-corrected chi connectivity index (χ2v) is 7.73. The minimum atomic E-state index is -4.72. The molecule has 0 bridgehead atoms. The van der Waals surface area contributed by atoms with E-state index in [1.807, 2.05) is 24.3 Å². The molecule has 0 spiro atoms. The lowest BCUT2D eigenvalue weighted by Crippen LogP contribution is -2.13. The molecule has 0 radical (unpaired) electrons. The average Bonchev–Trinajstić information content (AvgIpc) is 2.66. The van der Waals surface area contributed by atoms with E-state index in [0.717, 1.165) is 20.9 Å². The fourth-order valence-electron chi connectivity index (χ4n) is 3.08. The molecule has 1 aliphatic carbocycles. The van der Waals surface area contributed by atoms with Crippen molar-refractivity contribution in [2.24, 2.45) is 0 Å². The van der Waals surface area contributed by atoms with Crippen LogP contribution in [0.25, 0.3) is 5.57 Å². The summed E-state index contributed by atoms with van der Waals surface area (Å²) in [4.78, 5) is 12.7. The Balaban J connectivity index is 1.83. The minimum Gasteiger partial charge on any atom is -0.497 e. The van der Waals surface area contributed by atoms with E-state index < -0.39 is 12.3 Å². The van der Waals surface area contributed by atoms with Gasteiger partial charge in [0.15, 0.2) is 0 Å². The van der Waals surface area contributed by atoms with Gasteiger partial charge in [-0.1, -0.05) is 23.9 Å². The van der Waals surface area contributed by atoms with Gasteiger partial charge in [0.05, 0.1) is 13.5 Å². The highest BCUT2D eigenvalue weighted by Gasteiger charge is 2.32. The third kappa shape index (κ3) is 6.32. The summed E-state index contributed by atoms with van der Waals surface area (Å²) in [5.41, 5.74) is 2.19. The number of aliphatic carboxylic acids is 1. The number of hydrogen-bond acceptors (Lipinski definition) is 4. The molecule has 8 heteroatoms. The van der Waals surface area contributed by atoms with Gasteiger partial charge in [-0.05, 0) is 72.0 Å². The quantitative estimate of drug-likeness (QED) is 0.571. The van der Waals surface area contributed by atoms with E-state index in [9.17, 15) is 18.0 Å². The van der Waals surface area contributed by atoms with Gasteiger partial charge in [0.1, 0.15) is 11.5 Å². The van der Waals surface area contributed by atoms with Crippen LogP contribution in [0, 0.1) is 0 Å². The molecule has 0 amide bonds. The van der Waals surface area contributed by atoms with Crippen molar-refractivity contribution < 1.29 is 32.5 Å². The number of allylic oxidation sites excluding steroid dienone is 3. The summed E-state index contributed by atoms with van der Waals surface area (Å²) >= 11 is 1.42. The first kappa shape index (κ1) is 21.8. The summed E-state index contributed by atoms with van der Waals surface area (Å²) in [6.07, 6.45) is -0.925. The largest absolute Gasteiger partial charge is 0.573 e. The van der Waals surface area contributed by atoms with Crippen molar-refractivity contribution in [2.75, 3.05) is 7.11 Å². The number of hydrogen-bond donors (Lipinski definition) is 1. The van der Waals surface area contributed by atoms with Crippen LogP contribution < -0.4 is 4.74 Å². The van der Waals surface area contributed by atoms with E-state index in [0.29, 0.717) is 24.2 Å². The number of halogens is 3. The van der Waals surface area contributed by atoms with E-state index in [-0.39, 0.29) is 12.2 Å². The van der Waals surface area contributed by atoms with Crippen LogP contribution >= 0.6 is 11.8 Å². The number of benzene rings is 2. The first-order chi connectivity index (χ1) is 14.2. The van der Waals surface area contributed by atoms with Gasteiger partial charge in [0.2, 0.25) is 0 Å². The predicted molar refractivity (Wildman–Crippen MR) is 107 cm³/mol. The first-order valence-corrected chi connectivity index (χ1v) is 9.88. The van der Waals surface area contributed by atoms with Crippen molar-refractivity contribution in [3.8, 4) is 5.75 Å². The number of rotatable bonds is 7. The number of carboxylic acid groups (broad SMARTS) is 1. The van der Waals surface area contributed by atoms with Gasteiger partial charge in [-0.2, -0.15) is 0 Å². The maximum atomic E-state index is 12.5. The summed E-state index contributed by atoms with van der Waals surface area (Å²) < 4.78 is 46.8. The molecular weight excluding hydrogens is 417 g/mol. The Labute approximate surface area is 176 Å². The van der Waals surface area contributed by atoms with Gasteiger partial charge < -0.3 is 14.6 Å². The molecule has 0 saturated carbocycles. The van der Waals surface area contributed by atoms with E-state index >= 15 is 0 Å². The van der Waals surface area contributed by atoms with Gasteiger partial charge in [0.25, 0.3) is 0 Å². The molecule has 0 unspecified atom stereocenters. The molecule has 0 saturated heterocycles. The molecule has 0 aliphatic heterocycles. The van der Waals surface area contributed by atoms with Gasteiger partial charge in [0, 0.05) is 9.79 Å². The topological polar surface area (TPSA) is 55.8 Å². The van der Waals surface area contributed by atoms with E-state index in [1.165, 1.54) is 31.0 Å². The Morgan fingerprint density at radius 2 is 1.97 bits per heavy atom. The molecule has 0 atom stereocenters. The number of ether oxygens (including phenoxy) is 2. The SMILES string of the molecule is COc1cc(CC(=O)O)cc(Sc2cccc(C3=CC(OC(F)(F)F)=CCC3)c2)c1. The van der Waals surface area contributed by atoms with Crippen LogP contribution in [0.4, 0.5) is 13.2 Å². The normalized spacial score (nSPS) is 14.0. The number of carbonyl (C=O) groups is 1. The average molecular weight is 436 g/mol. The summed E-state index contributed by atoms with van der Waals surface area (Å²) in [6.45, 7) is 0. The van der Waals surface area contributed by atoms with Crippen LogP contribution in [0.5, 0.6) is 5.75 Å². The lowest BCUT2D eigenvalue weighted by Gasteiger charge is -2.17. The summed E-state index contributed by atoms with van der Waals surface area (Å²) in [5, 5.41) is 9.04. The third-order valence-electron chi connectivity index (χ3n) is 4.28. The van der Waals surface area contributed by atoms with Crippen molar-refractivity contribution in [3.05, 3.63) is 71.5 Å². The Bertz CT molecular complexity index is 996. The fraction of sp³-hybridized carbons (Fsp3) is 0.227. The van der Waals surface area contributed by atoms with Crippen LogP contribution in [-0.4, -0.2) is 24.5 Å². The first-order valence-electron chi connectivity index (χ1n) is 9.06. The Kier molecular flexibility index (Phi) is 6.77. The summed E-state index contributed by atoms with van der Waals surface area (Å²) in [6, 6.07) is 12.7. The standard InChI is InChI=1S/C22H19F3O4S/c1-28-18-8-14(10-21(26)27)9-20(13-18)30-19-7-3-5-16(12-19)15-4-2-6-17(11-15)29-22(23,24)25/h3,5-9,11-13H,2,4,10H2,1H3,(H,26,27). The summed E-state index contributed by atoms with van der Waals surface area (Å²) in [7, 11) is 1.51. The number of alkyl halides is 3. The fourth-order valence-corrected chi connectivity index (χ4v) is 4.07. The van der Waals surface area contributed by atoms with Crippen LogP contribution in [-0.2, 0) is 16.0 Å². The predicted octanol–water partition coefficient (Wildman–Crippen LogP) is 6.07. The molecule has 4 nitrogen and oxygen atoms in total. The molecule has 1 aliphatic rings. The van der Waals surface area contributed by atoms with Gasteiger partial charge in [-0.3, -0.25) is 4.79 Å². The second kappa shape index (κ2) is 9.30. The molecule has 30 heavy (non-hydrogen) atoms. The Hall–Kier alpha value is -2.87. The monoisotopic (exact) mass is 436 g/mol. The van der Waals surface area contributed by atoms with Crippen LogP contribution in [0.3, 0.4) is 0 Å². The highest BCUT2D eigenvalue weighted by Crippen LogP contribution is 2.35. The van der Waals surface area contributed by atoms with Crippen molar-refractivity contribution in [1.82, 2.24) is 0 Å². The molecule has 0 fully saturated rings. The smallest absolute Gasteiger partial charge is 0.497 e. The third-order valence-corrected chi connectivity index (χ3v) is 5.24. The molecule has 1 N–H and O–H groups in total. The lowest BCUT2D eigenvalue weighted by atomic mass is 9.97. The van der Waals surface area contributed by atoms with E-state index in [4.69, 9.17) is 9.84 Å². The zero-order chi connectivity index (χ0) is 21.7. The molecule has 3 rings (SSSR count). The van der Waals surface area contributed by atoms with Gasteiger partial charge in [-0.15, -0.1) is 13.2 Å². The zero-order valence-corrected chi connectivity index (χ0v) is 16.8. The minimum absolute atomic E-state index is 0.119. The van der Waals surface area contributed by atoms with Crippen molar-refractivity contribution in [3.63, 3.8) is 0 Å². The molecular formula is C22H19F3O4S. The van der Waals surface area contributed by atoms with Gasteiger partial charge >= 0.3 is 12.3 Å². The van der Waals surface area contributed by atoms with Crippen molar-refractivity contribution in [2.45, 2.75) is 35.4 Å². The Morgan fingerprint density at radius 1 is 1.17 bits per heavy atom. The Morgan fingerprint density at radius 3 is 2.67 bits per heavy atom. The number of carboxylic acids is 1. The van der Waals surface area contributed by atoms with Crippen molar-refractivity contribution in [1.29, 1.82) is 0 Å². The number of methoxy groups -OCH3 is 1. The van der Waals surface area contributed by atoms with E-state index in [2.05, 4.69) is 4.74 Å². The lowest BCUT2D eigenvalue weighted by molar-refractivity contribution is -0.303. The van der Waals surface area contributed by atoms with Crippen LogP contribution in [0.15, 0.2) is 70.2 Å². The highest BCUT2D eigenvalue weighted by molar-refractivity contribution is 7.99. The van der Waals surface area contributed by atoms with Crippen molar-refractivity contribution >= 4 is 23.3 Å². The summed E-state index contributed by atoms with van der Waals surface area (Å²) in [5.74, 6) is -0.579. The second-order valence-electron chi connectivity index (χ2n) is 6.58.